The van der Waals surface area contributed by atoms with Gasteiger partial charge < -0.3 is 5.73 Å². The van der Waals surface area contributed by atoms with Gasteiger partial charge in [0.25, 0.3) is 0 Å². The molecule has 11 heteroatoms. The number of hydrogen-bond donors (Lipinski definition) is 3. The number of nitrogens with zero attached hydrogens (tertiary/aromatic N) is 1. The highest BCUT2D eigenvalue weighted by Gasteiger charge is 2.15. The fraction of sp³-hybridized carbons (Fsp3) is 0.375. The molecule has 0 spiro atoms. The molecule has 19 heavy (non-hydrogen) atoms. The van der Waals surface area contributed by atoms with Crippen LogP contribution in [0.3, 0.4) is 0 Å². The summed E-state index contributed by atoms with van der Waals surface area (Å²) in [6.07, 6.45) is 2.04. The summed E-state index contributed by atoms with van der Waals surface area (Å²) >= 11 is 5.67. The maximum absolute atomic E-state index is 11.8. The first kappa shape index (κ1) is 16.1. The number of nitrogens with one attached hydrogen (secondary N) is 2. The zero-order valence-electron chi connectivity index (χ0n) is 9.92. The second kappa shape index (κ2) is 6.01. The molecule has 0 aliphatic heterocycles. The van der Waals surface area contributed by atoms with Gasteiger partial charge in [0.05, 0.1) is 11.3 Å². The zero-order valence-corrected chi connectivity index (χ0v) is 12.3. The molecule has 4 N–H and O–H groups in total. The van der Waals surface area contributed by atoms with Gasteiger partial charge in [-0.1, -0.05) is 11.6 Å². The summed E-state index contributed by atoms with van der Waals surface area (Å²) in [6.45, 7) is -0.161. The molecular formula is C8H13ClN4O4S2. The normalized spacial score (nSPS) is 12.5. The van der Waals surface area contributed by atoms with E-state index in [1.165, 1.54) is 0 Å². The number of anilines is 1. The summed E-state index contributed by atoms with van der Waals surface area (Å²) in [5, 5.41) is 0.0251. The molecular weight excluding hydrogens is 316 g/mol. The van der Waals surface area contributed by atoms with Crippen LogP contribution in [0, 0.1) is 0 Å². The molecule has 1 aromatic rings. The monoisotopic (exact) mass is 328 g/mol. The Labute approximate surface area is 116 Å². The Balaban J connectivity index is 2.68. The van der Waals surface area contributed by atoms with Crippen LogP contribution in [-0.2, 0) is 20.0 Å². The van der Waals surface area contributed by atoms with Gasteiger partial charge in [-0.2, -0.15) is 0 Å². The number of hydrogen-bond acceptors (Lipinski definition) is 6. The van der Waals surface area contributed by atoms with Crippen molar-refractivity contribution in [3.63, 3.8) is 0 Å². The topological polar surface area (TPSA) is 131 Å². The van der Waals surface area contributed by atoms with Crippen LogP contribution in [0.1, 0.15) is 0 Å². The van der Waals surface area contributed by atoms with Gasteiger partial charge >= 0.3 is 0 Å². The third-order valence-corrected chi connectivity index (χ3v) is 4.40. The van der Waals surface area contributed by atoms with E-state index in [1.54, 1.807) is 0 Å². The van der Waals surface area contributed by atoms with Gasteiger partial charge in [-0.3, -0.25) is 0 Å². The van der Waals surface area contributed by atoms with E-state index in [-0.39, 0.29) is 28.8 Å². The van der Waals surface area contributed by atoms with E-state index in [1.807, 2.05) is 0 Å². The molecule has 0 aromatic carbocycles. The van der Waals surface area contributed by atoms with Crippen molar-refractivity contribution in [3.05, 3.63) is 17.3 Å². The summed E-state index contributed by atoms with van der Waals surface area (Å²) in [5.41, 5.74) is 5.37. The Morgan fingerprint density at radius 2 is 1.84 bits per heavy atom. The van der Waals surface area contributed by atoms with Gasteiger partial charge in [0.2, 0.25) is 20.0 Å². The molecule has 8 nitrogen and oxygen atoms in total. The third kappa shape index (κ3) is 5.28. The van der Waals surface area contributed by atoms with Crippen LogP contribution in [0.15, 0.2) is 17.2 Å². The fourth-order valence-corrected chi connectivity index (χ4v) is 2.79. The lowest BCUT2D eigenvalue weighted by atomic mass is 10.5. The fourth-order valence-electron chi connectivity index (χ4n) is 1.08. The second-order valence-corrected chi connectivity index (χ2v) is 7.61. The third-order valence-electron chi connectivity index (χ3n) is 1.94. The van der Waals surface area contributed by atoms with Crippen LogP contribution < -0.4 is 15.2 Å². The lowest BCUT2D eigenvalue weighted by Gasteiger charge is -2.07. The molecule has 0 saturated carbocycles. The van der Waals surface area contributed by atoms with Crippen molar-refractivity contribution >= 4 is 37.5 Å². The summed E-state index contributed by atoms with van der Waals surface area (Å²) in [4.78, 5) is 3.48. The molecule has 0 amide bonds. The van der Waals surface area contributed by atoms with Crippen molar-refractivity contribution in [2.45, 2.75) is 4.90 Å². The van der Waals surface area contributed by atoms with Crippen LogP contribution in [0.5, 0.6) is 0 Å². The number of sulfonamides is 2. The van der Waals surface area contributed by atoms with Crippen molar-refractivity contribution in [2.24, 2.45) is 0 Å². The Kier molecular flexibility index (Phi) is 5.10. The van der Waals surface area contributed by atoms with E-state index < -0.39 is 20.0 Å². The molecule has 1 rings (SSSR count). The van der Waals surface area contributed by atoms with E-state index in [4.69, 9.17) is 17.3 Å². The smallest absolute Gasteiger partial charge is 0.242 e. The van der Waals surface area contributed by atoms with Crippen LogP contribution in [0.4, 0.5) is 5.82 Å². The average molecular weight is 329 g/mol. The van der Waals surface area contributed by atoms with Crippen molar-refractivity contribution < 1.29 is 16.8 Å². The molecule has 0 bridgehead atoms. The summed E-state index contributed by atoms with van der Waals surface area (Å²) in [5.74, 6) is 0.0272. The first-order valence-electron chi connectivity index (χ1n) is 4.97. The molecule has 0 fully saturated rings. The van der Waals surface area contributed by atoms with Crippen molar-refractivity contribution in [2.75, 3.05) is 25.1 Å². The van der Waals surface area contributed by atoms with Gasteiger partial charge in [0, 0.05) is 19.3 Å². The molecule has 0 atom stereocenters. The minimum Gasteiger partial charge on any atom is -0.382 e. The highest BCUT2D eigenvalue weighted by atomic mass is 35.5. The molecule has 0 aliphatic rings. The molecule has 0 radical (unpaired) electrons. The highest BCUT2D eigenvalue weighted by molar-refractivity contribution is 7.89. The number of rotatable bonds is 6. The Morgan fingerprint density at radius 1 is 1.26 bits per heavy atom. The van der Waals surface area contributed by atoms with E-state index in [9.17, 15) is 16.8 Å². The molecule has 1 aromatic heterocycles. The first-order valence-corrected chi connectivity index (χ1v) is 8.72. The van der Waals surface area contributed by atoms with E-state index in [0.29, 0.717) is 0 Å². The lowest BCUT2D eigenvalue weighted by molar-refractivity contribution is 0.573. The first-order chi connectivity index (χ1) is 8.62. The van der Waals surface area contributed by atoms with Gasteiger partial charge in [-0.05, 0) is 6.07 Å². The number of nitrogens with two attached hydrogens (primary N) is 1. The van der Waals surface area contributed by atoms with Crippen molar-refractivity contribution in [1.29, 1.82) is 0 Å². The Morgan fingerprint density at radius 3 is 2.37 bits per heavy atom. The van der Waals surface area contributed by atoms with Crippen molar-refractivity contribution in [3.8, 4) is 0 Å². The molecule has 1 heterocycles. The molecule has 108 valence electrons. The quantitative estimate of drug-likeness (QED) is 0.582. The number of aromatic nitrogens is 1. The Hall–Kier alpha value is -0.940. The molecule has 0 saturated heterocycles. The maximum atomic E-state index is 11.8. The van der Waals surface area contributed by atoms with Crippen LogP contribution >= 0.6 is 11.6 Å². The zero-order chi connectivity index (χ0) is 14.7. The average Bonchev–Trinajstić information content (AvgIpc) is 2.27. The standard InChI is InChI=1S/C8H13ClN4O4S2/c1-18(14,15)12-2-3-13-19(16,17)6-4-7(9)8(10)11-5-6/h4-5,12-13H,2-3H2,1H3,(H2,10,11). The van der Waals surface area contributed by atoms with Crippen LogP contribution in [-0.4, -0.2) is 41.2 Å². The van der Waals surface area contributed by atoms with Crippen LogP contribution in [0.25, 0.3) is 0 Å². The van der Waals surface area contributed by atoms with Gasteiger partial charge in [-0.25, -0.2) is 31.3 Å². The highest BCUT2D eigenvalue weighted by Crippen LogP contribution is 2.19. The summed E-state index contributed by atoms with van der Waals surface area (Å²) < 4.78 is 49.5. The van der Waals surface area contributed by atoms with Gasteiger partial charge in [0.1, 0.15) is 10.7 Å². The molecule has 0 aliphatic carbocycles. The maximum Gasteiger partial charge on any atom is 0.242 e. The minimum atomic E-state index is -3.80. The van der Waals surface area contributed by atoms with Gasteiger partial charge in [-0.15, -0.1) is 0 Å². The summed E-state index contributed by atoms with van der Waals surface area (Å²) in [6, 6.07) is 1.16. The largest absolute Gasteiger partial charge is 0.382 e. The van der Waals surface area contributed by atoms with Crippen LogP contribution in [0.2, 0.25) is 5.02 Å². The lowest BCUT2D eigenvalue weighted by Crippen LogP contribution is -2.34. The SMILES string of the molecule is CS(=O)(=O)NCCNS(=O)(=O)c1cnc(N)c(Cl)c1. The Bertz CT molecular complexity index is 659. The predicted octanol–water partition coefficient (Wildman–Crippen LogP) is -0.855. The number of pyridine rings is 1. The number of nitrogen functional groups attached to an aromatic ring is 1. The van der Waals surface area contributed by atoms with Crippen molar-refractivity contribution in [1.82, 2.24) is 14.4 Å². The predicted molar refractivity (Wildman–Crippen MR) is 71.7 cm³/mol. The second-order valence-electron chi connectivity index (χ2n) is 3.60. The minimum absolute atomic E-state index is 0.0251. The van der Waals surface area contributed by atoms with E-state index in [0.717, 1.165) is 18.5 Å². The number of halogens is 1. The van der Waals surface area contributed by atoms with Gasteiger partial charge in [0.15, 0.2) is 0 Å². The molecule has 0 unspecified atom stereocenters. The van der Waals surface area contributed by atoms with E-state index in [2.05, 4.69) is 14.4 Å². The summed E-state index contributed by atoms with van der Waals surface area (Å²) in [7, 11) is -7.16. The van der Waals surface area contributed by atoms with E-state index >= 15 is 0 Å².